The van der Waals surface area contributed by atoms with Gasteiger partial charge in [-0.05, 0) is 29.0 Å². The Morgan fingerprint density at radius 2 is 2.27 bits per heavy atom. The first kappa shape index (κ1) is 13.6. The minimum atomic E-state index is -0.112. The quantitative estimate of drug-likeness (QED) is 0.832. The normalized spacial score (nSPS) is 20.0. The molecule has 2 aromatic rings. The van der Waals surface area contributed by atoms with Crippen LogP contribution >= 0.6 is 11.8 Å². The molecule has 7 nitrogen and oxygen atoms in total. The van der Waals surface area contributed by atoms with Crippen molar-refractivity contribution in [1.82, 2.24) is 20.2 Å². The fourth-order valence-electron chi connectivity index (χ4n) is 2.72. The number of rotatable bonds is 2. The van der Waals surface area contributed by atoms with Gasteiger partial charge in [0, 0.05) is 23.7 Å². The third-order valence-corrected chi connectivity index (χ3v) is 4.96. The van der Waals surface area contributed by atoms with Crippen LogP contribution in [-0.2, 0) is 11.3 Å². The highest BCUT2D eigenvalue weighted by atomic mass is 32.2. The summed E-state index contributed by atoms with van der Waals surface area (Å²) < 4.78 is 7.61. The number of para-hydroxylation sites is 1. The smallest absolute Gasteiger partial charge is 0.252 e. The van der Waals surface area contributed by atoms with Crippen LogP contribution in [0.15, 0.2) is 29.2 Å². The molecule has 1 unspecified atom stereocenters. The van der Waals surface area contributed by atoms with Gasteiger partial charge in [0.05, 0.1) is 6.42 Å². The van der Waals surface area contributed by atoms with Gasteiger partial charge in [-0.1, -0.05) is 17.2 Å². The number of aromatic nitrogens is 4. The Labute approximate surface area is 131 Å². The molecular formula is C14H15N5O2S. The van der Waals surface area contributed by atoms with Crippen LogP contribution in [0.3, 0.4) is 0 Å². The molecule has 0 spiro atoms. The molecule has 2 aliphatic heterocycles. The lowest BCUT2D eigenvalue weighted by Crippen LogP contribution is -2.41. The van der Waals surface area contributed by atoms with E-state index in [1.165, 1.54) is 0 Å². The number of fused-ring (bicyclic) bond motifs is 2. The number of hydrogen-bond acceptors (Lipinski definition) is 6. The Hall–Kier alpha value is -2.09. The highest BCUT2D eigenvalue weighted by Crippen LogP contribution is 2.35. The first-order valence-corrected chi connectivity index (χ1v) is 8.25. The predicted molar refractivity (Wildman–Crippen MR) is 81.0 cm³/mol. The van der Waals surface area contributed by atoms with Gasteiger partial charge in [-0.15, -0.1) is 11.8 Å². The summed E-state index contributed by atoms with van der Waals surface area (Å²) in [5, 5.41) is 11.5. The minimum absolute atomic E-state index is 0.0146. The number of carbonyl (C=O) groups excluding carboxylic acids is 1. The van der Waals surface area contributed by atoms with Crippen molar-refractivity contribution in [2.75, 3.05) is 17.2 Å². The number of anilines is 1. The zero-order valence-corrected chi connectivity index (χ0v) is 12.7. The number of tetrazole rings is 1. The molecule has 0 bridgehead atoms. The van der Waals surface area contributed by atoms with Gasteiger partial charge in [-0.25, -0.2) is 4.68 Å². The van der Waals surface area contributed by atoms with Crippen LogP contribution in [0.25, 0.3) is 0 Å². The lowest BCUT2D eigenvalue weighted by atomic mass is 10.2. The van der Waals surface area contributed by atoms with Crippen LogP contribution in [0.4, 0.5) is 5.95 Å². The van der Waals surface area contributed by atoms with Gasteiger partial charge in [-0.2, -0.15) is 0 Å². The van der Waals surface area contributed by atoms with E-state index in [1.807, 2.05) is 24.3 Å². The molecule has 0 N–H and O–H groups in total. The maximum atomic E-state index is 12.6. The second kappa shape index (κ2) is 5.60. The van der Waals surface area contributed by atoms with Crippen molar-refractivity contribution >= 4 is 23.6 Å². The number of nitrogens with zero attached hydrogens (tertiary/aromatic N) is 5. The first-order chi connectivity index (χ1) is 10.8. The maximum absolute atomic E-state index is 12.6. The van der Waals surface area contributed by atoms with Gasteiger partial charge < -0.3 is 4.74 Å². The highest BCUT2D eigenvalue weighted by Gasteiger charge is 2.29. The highest BCUT2D eigenvalue weighted by molar-refractivity contribution is 7.99. The lowest BCUT2D eigenvalue weighted by Gasteiger charge is -2.29. The molecule has 0 fully saturated rings. The summed E-state index contributed by atoms with van der Waals surface area (Å²) in [6.45, 7) is 1.42. The van der Waals surface area contributed by atoms with Crippen molar-refractivity contribution in [3.05, 3.63) is 24.3 Å². The van der Waals surface area contributed by atoms with Gasteiger partial charge >= 0.3 is 0 Å². The molecule has 1 atom stereocenters. The maximum Gasteiger partial charge on any atom is 0.252 e. The fraction of sp³-hybridized carbons (Fsp3) is 0.429. The van der Waals surface area contributed by atoms with Crippen LogP contribution in [0.2, 0.25) is 0 Å². The number of carbonyl (C=O) groups is 1. The first-order valence-electron chi connectivity index (χ1n) is 7.26. The lowest BCUT2D eigenvalue weighted by molar-refractivity contribution is -0.120. The summed E-state index contributed by atoms with van der Waals surface area (Å²) in [5.41, 5.74) is 0. The van der Waals surface area contributed by atoms with Crippen molar-refractivity contribution in [3.63, 3.8) is 0 Å². The Kier molecular flexibility index (Phi) is 3.45. The molecule has 1 amide bonds. The zero-order chi connectivity index (χ0) is 14.9. The van der Waals surface area contributed by atoms with Gasteiger partial charge in [0.25, 0.3) is 5.95 Å². The monoisotopic (exact) mass is 317 g/mol. The average Bonchev–Trinajstić information content (AvgIpc) is 3.03. The SMILES string of the molecule is O=C(CC1CSc2ccccc2O1)N1CCCn2nnnc21. The predicted octanol–water partition coefficient (Wildman–Crippen LogP) is 1.35. The summed E-state index contributed by atoms with van der Waals surface area (Å²) in [5.74, 6) is 2.20. The number of hydrogen-bond donors (Lipinski definition) is 0. The summed E-state index contributed by atoms with van der Waals surface area (Å²) in [4.78, 5) is 15.4. The largest absolute Gasteiger partial charge is 0.488 e. The average molecular weight is 317 g/mol. The molecule has 4 rings (SSSR count). The van der Waals surface area contributed by atoms with E-state index in [-0.39, 0.29) is 12.0 Å². The van der Waals surface area contributed by atoms with E-state index >= 15 is 0 Å². The van der Waals surface area contributed by atoms with Gasteiger partial charge in [0.2, 0.25) is 5.91 Å². The summed E-state index contributed by atoms with van der Waals surface area (Å²) >= 11 is 1.73. The van der Waals surface area contributed by atoms with E-state index < -0.39 is 0 Å². The minimum Gasteiger partial charge on any atom is -0.488 e. The van der Waals surface area contributed by atoms with Crippen LogP contribution in [0, 0.1) is 0 Å². The van der Waals surface area contributed by atoms with Crippen LogP contribution in [0.1, 0.15) is 12.8 Å². The van der Waals surface area contributed by atoms with Gasteiger partial charge in [-0.3, -0.25) is 9.69 Å². The van der Waals surface area contributed by atoms with E-state index in [0.29, 0.717) is 18.9 Å². The molecule has 1 aromatic carbocycles. The third-order valence-electron chi connectivity index (χ3n) is 3.78. The number of thioether (sulfide) groups is 1. The summed E-state index contributed by atoms with van der Waals surface area (Å²) in [7, 11) is 0. The number of aryl methyl sites for hydroxylation is 1. The molecule has 3 heterocycles. The standard InChI is InChI=1S/C14H15N5O2S/c20-13(18-6-3-7-19-14(18)15-16-17-19)8-10-9-22-12-5-2-1-4-11(12)21-10/h1-2,4-5,10H,3,6-9H2. The topological polar surface area (TPSA) is 73.1 Å². The van der Waals surface area contributed by atoms with E-state index in [2.05, 4.69) is 15.5 Å². The van der Waals surface area contributed by atoms with E-state index in [1.54, 1.807) is 21.3 Å². The number of amides is 1. The molecule has 8 heteroatoms. The van der Waals surface area contributed by atoms with Gasteiger partial charge in [0.1, 0.15) is 11.9 Å². The van der Waals surface area contributed by atoms with Crippen molar-refractivity contribution in [3.8, 4) is 5.75 Å². The van der Waals surface area contributed by atoms with E-state index in [9.17, 15) is 4.79 Å². The van der Waals surface area contributed by atoms with E-state index in [4.69, 9.17) is 4.74 Å². The number of benzene rings is 1. The second-order valence-corrected chi connectivity index (χ2v) is 6.36. The molecule has 2 aliphatic rings. The van der Waals surface area contributed by atoms with Crippen molar-refractivity contribution in [2.24, 2.45) is 0 Å². The molecule has 0 radical (unpaired) electrons. The van der Waals surface area contributed by atoms with Crippen LogP contribution < -0.4 is 9.64 Å². The summed E-state index contributed by atoms with van der Waals surface area (Å²) in [6.07, 6.45) is 1.10. The molecule has 0 saturated heterocycles. The Morgan fingerprint density at radius 3 is 3.23 bits per heavy atom. The molecule has 0 saturated carbocycles. The Bertz CT molecular complexity index is 704. The summed E-state index contributed by atoms with van der Waals surface area (Å²) in [6, 6.07) is 7.92. The Balaban J connectivity index is 1.46. The van der Waals surface area contributed by atoms with Crippen molar-refractivity contribution in [1.29, 1.82) is 0 Å². The van der Waals surface area contributed by atoms with Crippen LogP contribution in [-0.4, -0.2) is 44.5 Å². The van der Waals surface area contributed by atoms with Crippen molar-refractivity contribution in [2.45, 2.75) is 30.4 Å². The van der Waals surface area contributed by atoms with E-state index in [0.717, 1.165) is 29.4 Å². The second-order valence-electron chi connectivity index (χ2n) is 5.30. The zero-order valence-electron chi connectivity index (χ0n) is 11.9. The third kappa shape index (κ3) is 2.43. The Morgan fingerprint density at radius 1 is 1.36 bits per heavy atom. The molecule has 1 aromatic heterocycles. The fourth-order valence-corrected chi connectivity index (χ4v) is 3.71. The molecular weight excluding hydrogens is 302 g/mol. The number of ether oxygens (including phenoxy) is 1. The molecule has 0 aliphatic carbocycles. The van der Waals surface area contributed by atoms with Gasteiger partial charge in [0.15, 0.2) is 0 Å². The van der Waals surface area contributed by atoms with Crippen molar-refractivity contribution < 1.29 is 9.53 Å². The van der Waals surface area contributed by atoms with Crippen LogP contribution in [0.5, 0.6) is 5.75 Å². The molecule has 22 heavy (non-hydrogen) atoms. The molecule has 114 valence electrons.